The van der Waals surface area contributed by atoms with E-state index in [0.717, 1.165) is 32.4 Å². The van der Waals surface area contributed by atoms with Crippen LogP contribution in [-0.4, -0.2) is 62.3 Å². The van der Waals surface area contributed by atoms with Gasteiger partial charge in [0, 0.05) is 42.3 Å². The van der Waals surface area contributed by atoms with Crippen LogP contribution in [0, 0.1) is 6.92 Å². The second kappa shape index (κ2) is 15.3. The van der Waals surface area contributed by atoms with Gasteiger partial charge in [-0.05, 0) is 49.6 Å². The van der Waals surface area contributed by atoms with Gasteiger partial charge in [-0.15, -0.1) is 11.3 Å². The van der Waals surface area contributed by atoms with Crippen LogP contribution in [0.5, 0.6) is 0 Å². The Morgan fingerprint density at radius 3 is 2.13 bits per heavy atom. The second-order valence-corrected chi connectivity index (χ2v) is 13.9. The molecule has 0 bridgehead atoms. The molecule has 0 aliphatic rings. The van der Waals surface area contributed by atoms with Crippen LogP contribution in [0.25, 0.3) is 0 Å². The van der Waals surface area contributed by atoms with Gasteiger partial charge >= 0.3 is 0 Å². The number of anilines is 1. The molecule has 0 saturated heterocycles. The van der Waals surface area contributed by atoms with Crippen LogP contribution in [0.15, 0.2) is 84.2 Å². The van der Waals surface area contributed by atoms with E-state index in [0.29, 0.717) is 13.0 Å². The van der Waals surface area contributed by atoms with Crippen molar-refractivity contribution < 1.29 is 23.1 Å². The normalized spacial score (nSPS) is 13.4. The summed E-state index contributed by atoms with van der Waals surface area (Å²) in [6, 6.07) is 22.1. The minimum atomic E-state index is -3.70. The topological polar surface area (TPSA) is 141 Å². The monoisotopic (exact) mass is 649 g/mol. The third kappa shape index (κ3) is 9.69. The first kappa shape index (κ1) is 33.8. The number of aliphatic hydroxyl groups is 1. The summed E-state index contributed by atoms with van der Waals surface area (Å²) in [6.07, 6.45) is 0.423. The molecule has 0 saturated carbocycles. The molecule has 0 aliphatic heterocycles. The van der Waals surface area contributed by atoms with Gasteiger partial charge in [0.1, 0.15) is 5.01 Å². The molecule has 45 heavy (non-hydrogen) atoms. The Morgan fingerprint density at radius 1 is 0.956 bits per heavy atom. The minimum Gasteiger partial charge on any atom is -0.390 e. The van der Waals surface area contributed by atoms with E-state index in [4.69, 9.17) is 0 Å². The molecular formula is C33H39N5O5S2. The Kier molecular flexibility index (Phi) is 11.5. The Balaban J connectivity index is 1.58. The summed E-state index contributed by atoms with van der Waals surface area (Å²) in [4.78, 5) is 31.5. The quantitative estimate of drug-likeness (QED) is 0.163. The van der Waals surface area contributed by atoms with Crippen LogP contribution in [0.2, 0.25) is 0 Å². The Morgan fingerprint density at radius 2 is 1.56 bits per heavy atom. The smallest absolute Gasteiger partial charge is 0.251 e. The van der Waals surface area contributed by atoms with Gasteiger partial charge in [0.05, 0.1) is 30.1 Å². The summed E-state index contributed by atoms with van der Waals surface area (Å²) >= 11 is 1.53. The number of aliphatic hydroxyl groups excluding tert-OH is 1. The number of hydrogen-bond donors (Lipinski definition) is 4. The summed E-state index contributed by atoms with van der Waals surface area (Å²) in [5.41, 5.74) is 3.09. The number of carbonyl (C=O) groups excluding carboxylic acids is 2. The van der Waals surface area contributed by atoms with Gasteiger partial charge in [-0.3, -0.25) is 13.9 Å². The van der Waals surface area contributed by atoms with Crippen molar-refractivity contribution in [2.75, 3.05) is 24.2 Å². The molecule has 0 aliphatic carbocycles. The molecule has 3 unspecified atom stereocenters. The standard InChI is InChI=1S/C33H39N5O5S2/c1-22-21-44-31(35-22)20-34-19-30(39)29(15-24-11-7-5-8-12-24)37-33(41)27-16-26(17-28(18-27)38(3)45(4,42)43)32(40)36-23(2)25-13-9-6-10-14-25/h5-14,16-18,21,23,29-30,34,39H,15,19-20H2,1-4H3,(H,36,40)(H,37,41). The number of aryl methyl sites for hydroxylation is 1. The fourth-order valence-corrected chi connectivity index (χ4v) is 5.94. The van der Waals surface area contributed by atoms with E-state index >= 15 is 0 Å². The Labute approximate surface area is 268 Å². The number of nitrogens with zero attached hydrogens (tertiary/aromatic N) is 2. The molecule has 10 nitrogen and oxygen atoms in total. The SMILES string of the molecule is Cc1csc(CNCC(O)C(Cc2ccccc2)NC(=O)c2cc(C(=O)NC(C)c3ccccc3)cc(N(C)S(C)(=O)=O)c2)n1. The average Bonchev–Trinajstić information content (AvgIpc) is 3.44. The number of amides is 2. The lowest BCUT2D eigenvalue weighted by Gasteiger charge is -2.25. The molecule has 0 radical (unpaired) electrons. The van der Waals surface area contributed by atoms with Crippen LogP contribution in [0.1, 0.15) is 55.5 Å². The molecule has 0 spiro atoms. The molecule has 3 atom stereocenters. The van der Waals surface area contributed by atoms with Crippen molar-refractivity contribution >= 4 is 38.9 Å². The van der Waals surface area contributed by atoms with Crippen LogP contribution in [0.3, 0.4) is 0 Å². The predicted octanol–water partition coefficient (Wildman–Crippen LogP) is 3.83. The van der Waals surface area contributed by atoms with Gasteiger partial charge in [-0.1, -0.05) is 60.7 Å². The third-order valence-corrected chi connectivity index (χ3v) is 9.50. The number of hydrogen-bond acceptors (Lipinski definition) is 8. The van der Waals surface area contributed by atoms with Crippen LogP contribution in [-0.2, 0) is 23.0 Å². The maximum absolute atomic E-state index is 13.7. The van der Waals surface area contributed by atoms with Gasteiger partial charge in [-0.2, -0.15) is 0 Å². The van der Waals surface area contributed by atoms with Gasteiger partial charge < -0.3 is 21.1 Å². The van der Waals surface area contributed by atoms with E-state index in [1.807, 2.05) is 79.9 Å². The van der Waals surface area contributed by atoms with Crippen molar-refractivity contribution in [2.45, 2.75) is 45.0 Å². The molecule has 1 aromatic heterocycles. The van der Waals surface area contributed by atoms with E-state index in [1.54, 1.807) is 0 Å². The highest BCUT2D eigenvalue weighted by molar-refractivity contribution is 7.92. The highest BCUT2D eigenvalue weighted by Gasteiger charge is 2.25. The summed E-state index contributed by atoms with van der Waals surface area (Å²) in [5, 5.41) is 23.1. The highest BCUT2D eigenvalue weighted by Crippen LogP contribution is 2.22. The van der Waals surface area contributed by atoms with Crippen LogP contribution >= 0.6 is 11.3 Å². The molecule has 12 heteroatoms. The van der Waals surface area contributed by atoms with Gasteiger partial charge in [0.2, 0.25) is 10.0 Å². The maximum atomic E-state index is 13.7. The van der Waals surface area contributed by atoms with Crippen molar-refractivity contribution in [3.63, 3.8) is 0 Å². The van der Waals surface area contributed by atoms with Crippen molar-refractivity contribution in [3.05, 3.63) is 117 Å². The molecule has 238 valence electrons. The van der Waals surface area contributed by atoms with Gasteiger partial charge in [0.25, 0.3) is 11.8 Å². The zero-order valence-corrected chi connectivity index (χ0v) is 27.4. The van der Waals surface area contributed by atoms with Crippen molar-refractivity contribution in [1.82, 2.24) is 20.9 Å². The van der Waals surface area contributed by atoms with Crippen molar-refractivity contribution in [2.24, 2.45) is 0 Å². The van der Waals surface area contributed by atoms with Gasteiger partial charge in [-0.25, -0.2) is 13.4 Å². The van der Waals surface area contributed by atoms with E-state index in [2.05, 4.69) is 20.9 Å². The number of nitrogens with one attached hydrogen (secondary N) is 3. The van der Waals surface area contributed by atoms with Crippen molar-refractivity contribution in [1.29, 1.82) is 0 Å². The first-order valence-electron chi connectivity index (χ1n) is 14.5. The number of benzene rings is 3. The first-order valence-corrected chi connectivity index (χ1v) is 17.2. The summed E-state index contributed by atoms with van der Waals surface area (Å²) < 4.78 is 25.8. The molecule has 3 aromatic carbocycles. The maximum Gasteiger partial charge on any atom is 0.251 e. The van der Waals surface area contributed by atoms with E-state index in [1.165, 1.54) is 36.6 Å². The van der Waals surface area contributed by atoms with E-state index in [9.17, 15) is 23.1 Å². The van der Waals surface area contributed by atoms with Crippen LogP contribution < -0.4 is 20.3 Å². The Bertz CT molecular complexity index is 1700. The summed E-state index contributed by atoms with van der Waals surface area (Å²) in [7, 11) is -2.34. The fourth-order valence-electron chi connectivity index (χ4n) is 4.71. The molecule has 1 heterocycles. The lowest BCUT2D eigenvalue weighted by Crippen LogP contribution is -2.48. The molecule has 2 amide bonds. The third-order valence-electron chi connectivity index (χ3n) is 7.33. The van der Waals surface area contributed by atoms with Crippen LogP contribution in [0.4, 0.5) is 5.69 Å². The molecule has 4 aromatic rings. The minimum absolute atomic E-state index is 0.0806. The second-order valence-electron chi connectivity index (χ2n) is 11.0. The first-order chi connectivity index (χ1) is 21.4. The highest BCUT2D eigenvalue weighted by atomic mass is 32.2. The number of carbonyl (C=O) groups is 2. The Hall–Kier alpha value is -4.10. The molecule has 4 rings (SSSR count). The predicted molar refractivity (Wildman–Crippen MR) is 178 cm³/mol. The largest absolute Gasteiger partial charge is 0.390 e. The zero-order chi connectivity index (χ0) is 32.6. The number of aromatic nitrogens is 1. The summed E-state index contributed by atoms with van der Waals surface area (Å²) in [5.74, 6) is -1.02. The lowest BCUT2D eigenvalue weighted by molar-refractivity contribution is 0.0830. The average molecular weight is 650 g/mol. The van der Waals surface area contributed by atoms with E-state index in [-0.39, 0.29) is 29.4 Å². The number of rotatable bonds is 14. The van der Waals surface area contributed by atoms with Gasteiger partial charge in [0.15, 0.2) is 0 Å². The zero-order valence-electron chi connectivity index (χ0n) is 25.7. The molecule has 0 fully saturated rings. The number of thiazole rings is 1. The van der Waals surface area contributed by atoms with Crippen molar-refractivity contribution in [3.8, 4) is 0 Å². The molecule has 4 N–H and O–H groups in total. The fraction of sp³-hybridized carbons (Fsp3) is 0.303. The van der Waals surface area contributed by atoms with E-state index < -0.39 is 34.0 Å². The summed E-state index contributed by atoms with van der Waals surface area (Å²) in [6.45, 7) is 4.42. The lowest BCUT2D eigenvalue weighted by atomic mass is 10.00. The molecular weight excluding hydrogens is 611 g/mol. The number of sulfonamides is 1.